The van der Waals surface area contributed by atoms with E-state index in [0.29, 0.717) is 6.54 Å². The molecule has 1 aliphatic heterocycles. The molecule has 0 saturated carbocycles. The van der Waals surface area contributed by atoms with Crippen molar-refractivity contribution < 1.29 is 13.5 Å². The Hall–Kier alpha value is -1.31. The van der Waals surface area contributed by atoms with Gasteiger partial charge in [-0.05, 0) is 44.1 Å². The highest BCUT2D eigenvalue weighted by Gasteiger charge is 2.22. The van der Waals surface area contributed by atoms with Crippen molar-refractivity contribution in [3.63, 3.8) is 0 Å². The maximum absolute atomic E-state index is 12.4. The quantitative estimate of drug-likeness (QED) is 0.617. The number of likely N-dealkylation sites (tertiary alicyclic amines) is 1. The van der Waals surface area contributed by atoms with Crippen LogP contribution in [0.15, 0.2) is 23.1 Å². The predicted molar refractivity (Wildman–Crippen MR) is 78.0 cm³/mol. The Morgan fingerprint density at radius 2 is 2.00 bits per heavy atom. The molecule has 0 unspecified atom stereocenters. The molecule has 1 aliphatic rings. The molecule has 1 fully saturated rings. The Labute approximate surface area is 119 Å². The number of phenols is 1. The Kier molecular flexibility index (Phi) is 4.52. The van der Waals surface area contributed by atoms with Crippen molar-refractivity contribution in [2.24, 2.45) is 0 Å². The molecule has 3 N–H and O–H groups in total. The molecule has 7 heteroatoms. The Morgan fingerprint density at radius 3 is 2.60 bits per heavy atom. The van der Waals surface area contributed by atoms with Crippen molar-refractivity contribution in [3.8, 4) is 5.75 Å². The summed E-state index contributed by atoms with van der Waals surface area (Å²) in [5.74, 6) is -0.108. The summed E-state index contributed by atoms with van der Waals surface area (Å²) in [6, 6.07) is 3.96. The van der Waals surface area contributed by atoms with E-state index in [9.17, 15) is 13.5 Å². The third kappa shape index (κ3) is 3.23. The average Bonchev–Trinajstić information content (AvgIpc) is 2.92. The van der Waals surface area contributed by atoms with E-state index in [-0.39, 0.29) is 16.3 Å². The van der Waals surface area contributed by atoms with Crippen LogP contribution in [0.3, 0.4) is 0 Å². The lowest BCUT2D eigenvalue weighted by atomic mass is 10.3. The first kappa shape index (κ1) is 15.1. The van der Waals surface area contributed by atoms with Crippen molar-refractivity contribution in [2.45, 2.75) is 17.7 Å². The third-order valence-corrected chi connectivity index (χ3v) is 5.49. The van der Waals surface area contributed by atoms with Gasteiger partial charge in [-0.1, -0.05) is 0 Å². The lowest BCUT2D eigenvalue weighted by Crippen LogP contribution is -2.35. The lowest BCUT2D eigenvalue weighted by Gasteiger charge is -2.21. The van der Waals surface area contributed by atoms with Crippen molar-refractivity contribution in [1.82, 2.24) is 9.21 Å². The summed E-state index contributed by atoms with van der Waals surface area (Å²) < 4.78 is 26.1. The molecule has 1 aromatic carbocycles. The molecular formula is C13H21N3O3S. The lowest BCUT2D eigenvalue weighted by molar-refractivity contribution is 0.310. The van der Waals surface area contributed by atoms with Gasteiger partial charge in [-0.25, -0.2) is 8.42 Å². The van der Waals surface area contributed by atoms with E-state index in [0.717, 1.165) is 19.6 Å². The summed E-state index contributed by atoms with van der Waals surface area (Å²) in [6.07, 6.45) is 2.37. The first-order valence-electron chi connectivity index (χ1n) is 6.68. The number of nitrogen functional groups attached to an aromatic ring is 1. The highest BCUT2D eigenvalue weighted by Crippen LogP contribution is 2.24. The minimum atomic E-state index is -3.55. The number of phenolic OH excluding ortho intramolecular Hbond substituents is 1. The van der Waals surface area contributed by atoms with Crippen LogP contribution in [-0.2, 0) is 10.0 Å². The number of nitrogens with two attached hydrogens (primary N) is 1. The fraction of sp³-hybridized carbons (Fsp3) is 0.538. The predicted octanol–water partition coefficient (Wildman–Crippen LogP) is 0.691. The Morgan fingerprint density at radius 1 is 1.35 bits per heavy atom. The second-order valence-electron chi connectivity index (χ2n) is 5.10. The number of benzene rings is 1. The zero-order valence-corrected chi connectivity index (χ0v) is 12.4. The number of hydrogen-bond donors (Lipinski definition) is 2. The molecule has 0 radical (unpaired) electrons. The van der Waals surface area contributed by atoms with Crippen LogP contribution >= 0.6 is 0 Å². The number of aromatic hydroxyl groups is 1. The zero-order chi connectivity index (χ0) is 14.8. The molecule has 0 spiro atoms. The second-order valence-corrected chi connectivity index (χ2v) is 7.14. The Balaban J connectivity index is 2.06. The number of hydrogen-bond acceptors (Lipinski definition) is 5. The highest BCUT2D eigenvalue weighted by atomic mass is 32.2. The van der Waals surface area contributed by atoms with E-state index in [2.05, 4.69) is 4.90 Å². The van der Waals surface area contributed by atoms with Gasteiger partial charge in [0.15, 0.2) is 0 Å². The van der Waals surface area contributed by atoms with Crippen LogP contribution in [-0.4, -0.2) is 56.0 Å². The van der Waals surface area contributed by atoms with Crippen molar-refractivity contribution in [1.29, 1.82) is 0 Å². The van der Waals surface area contributed by atoms with Crippen LogP contribution in [0.1, 0.15) is 12.8 Å². The van der Waals surface area contributed by atoms with Gasteiger partial charge in [-0.3, -0.25) is 0 Å². The standard InChI is InChI=1S/C13H21N3O3S/c1-15(8-9-16-6-2-3-7-16)20(18,19)11-4-5-13(17)12(14)10-11/h4-5,10,17H,2-3,6-9,14H2,1H3. The van der Waals surface area contributed by atoms with Crippen molar-refractivity contribution in [3.05, 3.63) is 18.2 Å². The fourth-order valence-electron chi connectivity index (χ4n) is 2.28. The van der Waals surface area contributed by atoms with Crippen molar-refractivity contribution >= 4 is 15.7 Å². The maximum atomic E-state index is 12.4. The third-order valence-electron chi connectivity index (χ3n) is 3.64. The molecule has 1 heterocycles. The smallest absolute Gasteiger partial charge is 0.242 e. The summed E-state index contributed by atoms with van der Waals surface area (Å²) >= 11 is 0. The molecule has 1 aromatic rings. The van der Waals surface area contributed by atoms with Crippen LogP contribution in [0.2, 0.25) is 0 Å². The minimum Gasteiger partial charge on any atom is -0.506 e. The van der Waals surface area contributed by atoms with Crippen LogP contribution < -0.4 is 5.73 Å². The molecule has 0 atom stereocenters. The van der Waals surface area contributed by atoms with Gasteiger partial charge >= 0.3 is 0 Å². The van der Waals surface area contributed by atoms with Gasteiger partial charge in [-0.2, -0.15) is 4.31 Å². The monoisotopic (exact) mass is 299 g/mol. The first-order chi connectivity index (χ1) is 9.41. The molecule has 20 heavy (non-hydrogen) atoms. The summed E-state index contributed by atoms with van der Waals surface area (Å²) in [7, 11) is -1.99. The van der Waals surface area contributed by atoms with E-state index in [1.165, 1.54) is 35.3 Å². The molecular weight excluding hydrogens is 278 g/mol. The molecule has 0 aliphatic carbocycles. The molecule has 1 saturated heterocycles. The summed E-state index contributed by atoms with van der Waals surface area (Å²) in [4.78, 5) is 2.37. The number of nitrogens with zero attached hydrogens (tertiary/aromatic N) is 2. The largest absolute Gasteiger partial charge is 0.506 e. The second kappa shape index (κ2) is 5.99. The zero-order valence-electron chi connectivity index (χ0n) is 11.6. The van der Waals surface area contributed by atoms with Gasteiger partial charge in [0.05, 0.1) is 10.6 Å². The van der Waals surface area contributed by atoms with Gasteiger partial charge < -0.3 is 15.7 Å². The number of anilines is 1. The van der Waals surface area contributed by atoms with E-state index in [4.69, 9.17) is 5.73 Å². The van der Waals surface area contributed by atoms with Gasteiger partial charge in [0.2, 0.25) is 10.0 Å². The SMILES string of the molecule is CN(CCN1CCCC1)S(=O)(=O)c1ccc(O)c(N)c1. The van der Waals surface area contributed by atoms with Gasteiger partial charge in [-0.15, -0.1) is 0 Å². The molecule has 6 nitrogen and oxygen atoms in total. The van der Waals surface area contributed by atoms with Gasteiger partial charge in [0.1, 0.15) is 5.75 Å². The summed E-state index contributed by atoms with van der Waals surface area (Å²) in [5.41, 5.74) is 5.62. The van der Waals surface area contributed by atoms with Crippen LogP contribution in [0.4, 0.5) is 5.69 Å². The average molecular weight is 299 g/mol. The van der Waals surface area contributed by atoms with Crippen LogP contribution in [0, 0.1) is 0 Å². The molecule has 112 valence electrons. The maximum Gasteiger partial charge on any atom is 0.242 e. The molecule has 0 amide bonds. The number of rotatable bonds is 5. The van der Waals surface area contributed by atoms with E-state index >= 15 is 0 Å². The number of likely N-dealkylation sites (N-methyl/N-ethyl adjacent to an activating group) is 1. The van der Waals surface area contributed by atoms with Crippen LogP contribution in [0.25, 0.3) is 0 Å². The molecule has 0 aromatic heterocycles. The first-order valence-corrected chi connectivity index (χ1v) is 8.12. The molecule has 2 rings (SSSR count). The van der Waals surface area contributed by atoms with Crippen LogP contribution in [0.5, 0.6) is 5.75 Å². The van der Waals surface area contributed by atoms with Crippen molar-refractivity contribution in [2.75, 3.05) is 39.0 Å². The Bertz CT molecular complexity index is 568. The van der Waals surface area contributed by atoms with Gasteiger partial charge in [0.25, 0.3) is 0 Å². The highest BCUT2D eigenvalue weighted by molar-refractivity contribution is 7.89. The van der Waals surface area contributed by atoms with E-state index in [1.807, 2.05) is 0 Å². The fourth-order valence-corrected chi connectivity index (χ4v) is 3.48. The van der Waals surface area contributed by atoms with Gasteiger partial charge in [0, 0.05) is 20.1 Å². The molecule has 0 bridgehead atoms. The topological polar surface area (TPSA) is 86.9 Å². The normalized spacial score (nSPS) is 16.9. The minimum absolute atomic E-state index is 0.0685. The summed E-state index contributed by atoms with van der Waals surface area (Å²) in [5, 5.41) is 9.35. The summed E-state index contributed by atoms with van der Waals surface area (Å²) in [6.45, 7) is 3.27. The number of sulfonamides is 1. The van der Waals surface area contributed by atoms with E-state index in [1.54, 1.807) is 7.05 Å². The van der Waals surface area contributed by atoms with E-state index < -0.39 is 10.0 Å².